The molecular weight excluding hydrogens is 284 g/mol. The lowest BCUT2D eigenvalue weighted by Gasteiger charge is -2.42. The average molecular weight is 304 g/mol. The number of hydrogen-bond donors (Lipinski definition) is 0. The molecule has 2 aromatic carbocycles. The first kappa shape index (κ1) is 14.2. The van der Waals surface area contributed by atoms with Crippen molar-refractivity contribution in [3.63, 3.8) is 0 Å². The Morgan fingerprint density at radius 2 is 1.83 bits per heavy atom. The molecule has 0 fully saturated rings. The van der Waals surface area contributed by atoms with E-state index in [9.17, 15) is 4.79 Å². The summed E-state index contributed by atoms with van der Waals surface area (Å²) in [5.41, 5.74) is 3.25. The third-order valence-corrected chi connectivity index (χ3v) is 4.93. The zero-order chi connectivity index (χ0) is 15.7. The summed E-state index contributed by atoms with van der Waals surface area (Å²) < 4.78 is 0. The molecule has 0 aromatic heterocycles. The van der Waals surface area contributed by atoms with Crippen LogP contribution in [0.4, 0.5) is 5.69 Å². The first-order valence-electron chi connectivity index (χ1n) is 8.23. The highest BCUT2D eigenvalue weighted by Gasteiger charge is 2.42. The van der Waals surface area contributed by atoms with Crippen molar-refractivity contribution in [3.05, 3.63) is 65.7 Å². The van der Waals surface area contributed by atoms with Gasteiger partial charge in [0, 0.05) is 30.3 Å². The number of benzene rings is 2. The number of carbonyl (C=O) groups is 1. The molecule has 116 valence electrons. The Morgan fingerprint density at radius 3 is 2.61 bits per heavy atom. The van der Waals surface area contributed by atoms with Gasteiger partial charge >= 0.3 is 0 Å². The number of aliphatic imine (C=N–C) groups is 1. The third-order valence-electron chi connectivity index (χ3n) is 4.93. The maximum absolute atomic E-state index is 12.9. The van der Waals surface area contributed by atoms with Crippen LogP contribution in [0.1, 0.15) is 30.4 Å². The van der Waals surface area contributed by atoms with Crippen LogP contribution in [0.5, 0.6) is 0 Å². The van der Waals surface area contributed by atoms with Crippen molar-refractivity contribution in [3.8, 4) is 0 Å². The Kier molecular flexibility index (Phi) is 3.49. The van der Waals surface area contributed by atoms with Gasteiger partial charge in [0.25, 0.3) is 0 Å². The van der Waals surface area contributed by atoms with Crippen LogP contribution in [0, 0.1) is 0 Å². The minimum atomic E-state index is -0.195. The second-order valence-electron chi connectivity index (χ2n) is 6.45. The van der Waals surface area contributed by atoms with Crippen LogP contribution >= 0.6 is 0 Å². The largest absolute Gasteiger partial charge is 0.308 e. The molecule has 0 saturated carbocycles. The van der Waals surface area contributed by atoms with Gasteiger partial charge in [0.1, 0.15) is 0 Å². The molecule has 3 heteroatoms. The van der Waals surface area contributed by atoms with Gasteiger partial charge in [0.15, 0.2) is 0 Å². The molecule has 2 aliphatic rings. The zero-order valence-corrected chi connectivity index (χ0v) is 13.1. The molecule has 0 aliphatic carbocycles. The maximum atomic E-state index is 12.9. The number of anilines is 1. The van der Waals surface area contributed by atoms with Gasteiger partial charge < -0.3 is 4.90 Å². The fraction of sp³-hybridized carbons (Fsp3) is 0.300. The van der Waals surface area contributed by atoms with Crippen LogP contribution in [-0.4, -0.2) is 18.7 Å². The van der Waals surface area contributed by atoms with E-state index in [1.165, 1.54) is 5.56 Å². The van der Waals surface area contributed by atoms with E-state index < -0.39 is 0 Å². The Bertz CT molecular complexity index is 753. The number of amides is 1. The second-order valence-corrected chi connectivity index (χ2v) is 6.45. The summed E-state index contributed by atoms with van der Waals surface area (Å²) in [5.74, 6) is 0.195. The van der Waals surface area contributed by atoms with E-state index >= 15 is 0 Å². The highest BCUT2D eigenvalue weighted by molar-refractivity contribution is 6.02. The Labute approximate surface area is 136 Å². The molecule has 2 heterocycles. The van der Waals surface area contributed by atoms with Gasteiger partial charge in [-0.05, 0) is 30.0 Å². The van der Waals surface area contributed by atoms with Gasteiger partial charge in [-0.3, -0.25) is 9.79 Å². The molecule has 4 rings (SSSR count). The molecular formula is C20H20N2O. The summed E-state index contributed by atoms with van der Waals surface area (Å²) in [4.78, 5) is 19.3. The predicted octanol–water partition coefficient (Wildman–Crippen LogP) is 3.73. The van der Waals surface area contributed by atoms with Crippen LogP contribution < -0.4 is 4.90 Å². The van der Waals surface area contributed by atoms with E-state index in [1.807, 2.05) is 35.4 Å². The molecule has 23 heavy (non-hydrogen) atoms. The van der Waals surface area contributed by atoms with E-state index in [-0.39, 0.29) is 11.3 Å². The first-order chi connectivity index (χ1) is 11.3. The van der Waals surface area contributed by atoms with Crippen molar-refractivity contribution in [2.24, 2.45) is 4.99 Å². The van der Waals surface area contributed by atoms with Crippen LogP contribution in [-0.2, 0) is 16.8 Å². The summed E-state index contributed by atoms with van der Waals surface area (Å²) in [6.07, 6.45) is 4.63. The van der Waals surface area contributed by atoms with Gasteiger partial charge in [-0.15, -0.1) is 0 Å². The summed E-state index contributed by atoms with van der Waals surface area (Å²) in [7, 11) is 0. The molecule has 2 aromatic rings. The Balaban J connectivity index is 1.77. The average Bonchev–Trinajstić information content (AvgIpc) is 2.60. The fourth-order valence-corrected chi connectivity index (χ4v) is 3.79. The van der Waals surface area contributed by atoms with Gasteiger partial charge in [-0.2, -0.15) is 0 Å². The molecule has 0 N–H and O–H groups in total. The van der Waals surface area contributed by atoms with Crippen molar-refractivity contribution in [2.45, 2.75) is 31.2 Å². The highest BCUT2D eigenvalue weighted by Crippen LogP contribution is 2.44. The number of rotatable bonds is 2. The minimum absolute atomic E-state index is 0.195. The van der Waals surface area contributed by atoms with Crippen LogP contribution in [0.2, 0.25) is 0 Å². The summed E-state index contributed by atoms with van der Waals surface area (Å²) in [6.45, 7) is 1.51. The molecule has 1 amide bonds. The molecule has 0 unspecified atom stereocenters. The molecule has 1 spiro atoms. The number of nitrogens with zero attached hydrogens (tertiary/aromatic N) is 2. The predicted molar refractivity (Wildman–Crippen MR) is 93.0 cm³/mol. The maximum Gasteiger partial charge on any atom is 0.228 e. The zero-order valence-electron chi connectivity index (χ0n) is 13.1. The quantitative estimate of drug-likeness (QED) is 0.832. The number of hydrogen-bond acceptors (Lipinski definition) is 2. The van der Waals surface area contributed by atoms with Crippen molar-refractivity contribution in [2.75, 3.05) is 11.4 Å². The monoisotopic (exact) mass is 304 g/mol. The lowest BCUT2D eigenvalue weighted by atomic mass is 9.70. The highest BCUT2D eigenvalue weighted by atomic mass is 16.2. The van der Waals surface area contributed by atoms with Crippen molar-refractivity contribution < 1.29 is 4.79 Å². The molecule has 0 radical (unpaired) electrons. The standard InChI is InChI=1S/C20H20N2O/c23-19-13-20(11-6-12-21-15-20)17-9-4-5-10-18(17)22(19)14-16-7-2-1-3-8-16/h1-5,7-10,15H,6,11-14H2/t20-/m1/s1. The van der Waals surface area contributed by atoms with Crippen LogP contribution in [0.3, 0.4) is 0 Å². The number of para-hydroxylation sites is 1. The minimum Gasteiger partial charge on any atom is -0.308 e. The second kappa shape index (κ2) is 5.65. The van der Waals surface area contributed by atoms with Gasteiger partial charge in [0.2, 0.25) is 5.91 Å². The van der Waals surface area contributed by atoms with E-state index in [4.69, 9.17) is 0 Å². The van der Waals surface area contributed by atoms with Gasteiger partial charge in [-0.1, -0.05) is 48.5 Å². The molecule has 0 bridgehead atoms. The Hall–Kier alpha value is -2.42. The van der Waals surface area contributed by atoms with E-state index in [0.717, 1.165) is 30.6 Å². The lowest BCUT2D eigenvalue weighted by Crippen LogP contribution is -2.46. The van der Waals surface area contributed by atoms with Gasteiger partial charge in [0.05, 0.1) is 6.54 Å². The first-order valence-corrected chi connectivity index (χ1v) is 8.23. The SMILES string of the molecule is O=C1C[C@]2(C=NCCC2)c2ccccc2N1Cc1ccccc1. The van der Waals surface area contributed by atoms with Crippen molar-refractivity contribution in [1.82, 2.24) is 0 Å². The molecule has 1 atom stereocenters. The van der Waals surface area contributed by atoms with E-state index in [0.29, 0.717) is 13.0 Å². The number of fused-ring (bicyclic) bond motifs is 2. The van der Waals surface area contributed by atoms with E-state index in [2.05, 4.69) is 35.3 Å². The third kappa shape index (κ3) is 2.46. The summed E-state index contributed by atoms with van der Waals surface area (Å²) >= 11 is 0. The van der Waals surface area contributed by atoms with E-state index in [1.54, 1.807) is 0 Å². The summed E-state index contributed by atoms with van der Waals surface area (Å²) in [5, 5.41) is 0. The topological polar surface area (TPSA) is 32.7 Å². The van der Waals surface area contributed by atoms with Crippen LogP contribution in [0.25, 0.3) is 0 Å². The molecule has 3 nitrogen and oxygen atoms in total. The molecule has 2 aliphatic heterocycles. The normalized spacial score (nSPS) is 23.1. The lowest BCUT2D eigenvalue weighted by molar-refractivity contribution is -0.120. The molecule has 0 saturated heterocycles. The smallest absolute Gasteiger partial charge is 0.228 e. The summed E-state index contributed by atoms with van der Waals surface area (Å²) in [6, 6.07) is 18.5. The Morgan fingerprint density at radius 1 is 1.04 bits per heavy atom. The van der Waals surface area contributed by atoms with Crippen molar-refractivity contribution >= 4 is 17.8 Å². The van der Waals surface area contributed by atoms with Crippen molar-refractivity contribution in [1.29, 1.82) is 0 Å². The van der Waals surface area contributed by atoms with Crippen LogP contribution in [0.15, 0.2) is 59.6 Å². The number of carbonyl (C=O) groups excluding carboxylic acids is 1. The van der Waals surface area contributed by atoms with Gasteiger partial charge in [-0.25, -0.2) is 0 Å². The fourth-order valence-electron chi connectivity index (χ4n) is 3.79.